The first-order valence-corrected chi connectivity index (χ1v) is 17.3. The molecule has 2 aromatic carbocycles. The summed E-state index contributed by atoms with van der Waals surface area (Å²) >= 11 is 0. The first kappa shape index (κ1) is 34.6. The van der Waals surface area contributed by atoms with Crippen molar-refractivity contribution in [3.05, 3.63) is 82.4 Å². The van der Waals surface area contributed by atoms with E-state index in [1.165, 1.54) is 0 Å². The second-order valence-electron chi connectivity index (χ2n) is 12.4. The van der Waals surface area contributed by atoms with Crippen LogP contribution in [0.1, 0.15) is 87.3 Å². The summed E-state index contributed by atoms with van der Waals surface area (Å²) in [7, 11) is 3.28. The minimum atomic E-state index is 0.535. The van der Waals surface area contributed by atoms with Gasteiger partial charge in [-0.3, -0.25) is 0 Å². The zero-order valence-electron chi connectivity index (χ0n) is 29.8. The van der Waals surface area contributed by atoms with Crippen LogP contribution in [0.3, 0.4) is 0 Å². The average Bonchev–Trinajstić information content (AvgIpc) is 3.08. The van der Waals surface area contributed by atoms with Crippen molar-refractivity contribution in [1.29, 1.82) is 0 Å². The van der Waals surface area contributed by atoms with Crippen LogP contribution in [0, 0.1) is 13.8 Å². The van der Waals surface area contributed by atoms with Gasteiger partial charge in [-0.25, -0.2) is 19.9 Å². The third-order valence-corrected chi connectivity index (χ3v) is 8.46. The molecule has 8 nitrogen and oxygen atoms in total. The van der Waals surface area contributed by atoms with Crippen molar-refractivity contribution in [3.8, 4) is 56.8 Å². The number of methoxy groups -OCH3 is 2. The van der Waals surface area contributed by atoms with Crippen LogP contribution >= 0.6 is 0 Å². The van der Waals surface area contributed by atoms with Crippen molar-refractivity contribution >= 4 is 0 Å². The molecule has 0 aliphatic carbocycles. The van der Waals surface area contributed by atoms with E-state index in [0.29, 0.717) is 22.9 Å². The Balaban J connectivity index is 1.52. The van der Waals surface area contributed by atoms with Crippen LogP contribution in [0.4, 0.5) is 0 Å². The van der Waals surface area contributed by atoms with Gasteiger partial charge in [0.1, 0.15) is 11.4 Å². The van der Waals surface area contributed by atoms with E-state index in [1.807, 2.05) is 12.1 Å². The molecule has 0 saturated carbocycles. The third-order valence-electron chi connectivity index (χ3n) is 8.46. The van der Waals surface area contributed by atoms with Gasteiger partial charge < -0.3 is 9.47 Å². The molecule has 0 spiro atoms. The normalized spacial score (nSPS) is 11.2. The van der Waals surface area contributed by atoms with Gasteiger partial charge in [0.2, 0.25) is 0 Å². The van der Waals surface area contributed by atoms with Gasteiger partial charge in [0.15, 0.2) is 23.1 Å². The van der Waals surface area contributed by atoms with Crippen molar-refractivity contribution < 1.29 is 9.47 Å². The average molecular weight is 645 g/mol. The molecule has 0 aliphatic rings. The van der Waals surface area contributed by atoms with Gasteiger partial charge in [-0.1, -0.05) is 77.6 Å². The molecule has 5 rings (SSSR count). The summed E-state index contributed by atoms with van der Waals surface area (Å²) in [5.41, 5.74) is 11.4. The summed E-state index contributed by atoms with van der Waals surface area (Å²) in [6.07, 6.45) is 7.91. The Bertz CT molecular complexity index is 1700. The van der Waals surface area contributed by atoms with Crippen molar-refractivity contribution in [2.75, 3.05) is 14.2 Å². The van der Waals surface area contributed by atoms with E-state index in [1.54, 1.807) is 14.2 Å². The van der Waals surface area contributed by atoms with Crippen molar-refractivity contribution in [3.63, 3.8) is 0 Å². The van der Waals surface area contributed by atoms with Gasteiger partial charge in [0.25, 0.3) is 0 Å². The van der Waals surface area contributed by atoms with Gasteiger partial charge in [0, 0.05) is 45.0 Å². The highest BCUT2D eigenvalue weighted by Crippen LogP contribution is 2.44. The second kappa shape index (κ2) is 15.9. The molecule has 0 amide bonds. The fourth-order valence-electron chi connectivity index (χ4n) is 6.18. The molecule has 0 bridgehead atoms. The van der Waals surface area contributed by atoms with E-state index in [-0.39, 0.29) is 0 Å². The summed E-state index contributed by atoms with van der Waals surface area (Å²) in [5.74, 6) is 2.59. The lowest BCUT2D eigenvalue weighted by molar-refractivity contribution is 0.353. The summed E-state index contributed by atoms with van der Waals surface area (Å²) in [4.78, 5) is 19.6. The Kier molecular flexibility index (Phi) is 11.5. The lowest BCUT2D eigenvalue weighted by Crippen LogP contribution is -2.04. The van der Waals surface area contributed by atoms with Crippen LogP contribution in [0.5, 0.6) is 11.5 Å². The van der Waals surface area contributed by atoms with Gasteiger partial charge in [0.05, 0.1) is 14.2 Å². The van der Waals surface area contributed by atoms with Gasteiger partial charge in [-0.2, -0.15) is 0 Å². The SMILES string of the molecule is CCCc1cc(CCC)nc(-c2ccc(-c3nnc(-c4ccc(-c5nc(CCC)cc(CCC)n5)cc4C)c(OC)c3OC)c(C)c2)n1. The van der Waals surface area contributed by atoms with Gasteiger partial charge >= 0.3 is 0 Å². The molecule has 0 N–H and O–H groups in total. The van der Waals surface area contributed by atoms with Gasteiger partial charge in [-0.15, -0.1) is 10.2 Å². The maximum absolute atomic E-state index is 5.97. The van der Waals surface area contributed by atoms with E-state index in [0.717, 1.165) is 119 Å². The van der Waals surface area contributed by atoms with Crippen LogP contribution < -0.4 is 9.47 Å². The number of nitrogens with zero attached hydrogens (tertiary/aromatic N) is 6. The van der Waals surface area contributed by atoms with E-state index >= 15 is 0 Å². The number of benzene rings is 2. The maximum atomic E-state index is 5.97. The summed E-state index contributed by atoms with van der Waals surface area (Å²) in [6.45, 7) is 12.8. The number of aromatic nitrogens is 6. The Morgan fingerprint density at radius 2 is 0.812 bits per heavy atom. The molecule has 0 atom stereocenters. The Morgan fingerprint density at radius 3 is 1.08 bits per heavy atom. The Hall–Kier alpha value is -4.72. The number of hydrogen-bond donors (Lipinski definition) is 0. The molecular weight excluding hydrogens is 596 g/mol. The van der Waals surface area contributed by atoms with Crippen molar-refractivity contribution in [1.82, 2.24) is 30.1 Å². The molecule has 0 fully saturated rings. The molecular formula is C40H48N6O2. The third kappa shape index (κ3) is 7.53. The predicted octanol–water partition coefficient (Wildman–Crippen LogP) is 9.17. The largest absolute Gasteiger partial charge is 0.491 e. The zero-order valence-corrected chi connectivity index (χ0v) is 29.8. The number of rotatable bonds is 14. The van der Waals surface area contributed by atoms with E-state index in [4.69, 9.17) is 39.6 Å². The van der Waals surface area contributed by atoms with Gasteiger partial charge in [-0.05, 0) is 74.9 Å². The van der Waals surface area contributed by atoms with Crippen LogP contribution in [-0.4, -0.2) is 44.4 Å². The molecule has 0 saturated heterocycles. The highest BCUT2D eigenvalue weighted by molar-refractivity contribution is 5.81. The van der Waals surface area contributed by atoms with Crippen LogP contribution in [-0.2, 0) is 25.7 Å². The Labute approximate surface area is 285 Å². The zero-order chi connectivity index (χ0) is 34.2. The molecule has 0 aliphatic heterocycles. The standard InChI is InChI=1S/C40H48N6O2/c1-9-13-29-23-30(14-10-2)42-39(41-29)27-17-19-33(25(5)21-27)35-37(47-7)38(48-8)36(46-45-35)34-20-18-28(22-26(34)6)40-43-31(15-11-3)24-32(44-40)16-12-4/h17-24H,9-16H2,1-8H3. The minimum Gasteiger partial charge on any atom is -0.491 e. The van der Waals surface area contributed by atoms with Crippen LogP contribution in [0.2, 0.25) is 0 Å². The van der Waals surface area contributed by atoms with Crippen molar-refractivity contribution in [2.45, 2.75) is 92.9 Å². The molecule has 250 valence electrons. The van der Waals surface area contributed by atoms with E-state index in [2.05, 4.69) is 77.9 Å². The molecule has 8 heteroatoms. The van der Waals surface area contributed by atoms with Crippen molar-refractivity contribution in [2.24, 2.45) is 0 Å². The molecule has 0 unspecified atom stereocenters. The monoisotopic (exact) mass is 644 g/mol. The first-order valence-electron chi connectivity index (χ1n) is 17.3. The van der Waals surface area contributed by atoms with E-state index < -0.39 is 0 Å². The molecule has 3 heterocycles. The number of aryl methyl sites for hydroxylation is 6. The number of hydrogen-bond acceptors (Lipinski definition) is 8. The summed E-state index contributed by atoms with van der Waals surface area (Å²) in [6, 6.07) is 16.7. The second-order valence-corrected chi connectivity index (χ2v) is 12.4. The topological polar surface area (TPSA) is 95.8 Å². The fraction of sp³-hybridized carbons (Fsp3) is 0.400. The molecule has 48 heavy (non-hydrogen) atoms. The van der Waals surface area contributed by atoms with Crippen LogP contribution in [0.25, 0.3) is 45.3 Å². The number of ether oxygens (including phenoxy) is 2. The van der Waals surface area contributed by atoms with E-state index in [9.17, 15) is 0 Å². The molecule has 0 radical (unpaired) electrons. The maximum Gasteiger partial charge on any atom is 0.191 e. The molecule has 3 aromatic heterocycles. The smallest absolute Gasteiger partial charge is 0.191 e. The summed E-state index contributed by atoms with van der Waals surface area (Å²) in [5, 5.41) is 9.44. The summed E-state index contributed by atoms with van der Waals surface area (Å²) < 4.78 is 11.9. The lowest BCUT2D eigenvalue weighted by atomic mass is 9.98. The predicted molar refractivity (Wildman–Crippen MR) is 194 cm³/mol. The minimum absolute atomic E-state index is 0.535. The quantitative estimate of drug-likeness (QED) is 0.118. The highest BCUT2D eigenvalue weighted by Gasteiger charge is 2.23. The first-order chi connectivity index (χ1) is 23.3. The fourth-order valence-corrected chi connectivity index (χ4v) is 6.18. The molecule has 5 aromatic rings. The lowest BCUT2D eigenvalue weighted by Gasteiger charge is -2.17. The Morgan fingerprint density at radius 1 is 0.479 bits per heavy atom. The van der Waals surface area contributed by atoms with Crippen LogP contribution in [0.15, 0.2) is 48.5 Å². The highest BCUT2D eigenvalue weighted by atomic mass is 16.5.